The van der Waals surface area contributed by atoms with Crippen LogP contribution in [0.2, 0.25) is 0 Å². The molecule has 8 nitrogen and oxygen atoms in total. The standard InChI is InChI=1S/C24H34N6O2/c1-7-19-22(18-8-9-20(15(2)3)26-24(18)31-6)27-21-17(5)28-30(23(21)25-19)16(4)14-29-10-12-32-13-11-29/h8-9,15-16H,7,10-14H2,1-6H3. The van der Waals surface area contributed by atoms with Crippen molar-refractivity contribution >= 4 is 11.2 Å². The Bertz CT molecular complexity index is 1090. The van der Waals surface area contributed by atoms with E-state index in [2.05, 4.69) is 44.7 Å². The lowest BCUT2D eigenvalue weighted by Crippen LogP contribution is -2.39. The SMILES string of the molecule is CCc1nc2c(nc1-c1ccc(C(C)C)nc1OC)c(C)nn2C(C)CN1CCOCC1. The molecule has 1 unspecified atom stereocenters. The van der Waals surface area contributed by atoms with Gasteiger partial charge in [-0.1, -0.05) is 20.8 Å². The number of rotatable bonds is 7. The summed E-state index contributed by atoms with van der Waals surface area (Å²) >= 11 is 0. The number of aromatic nitrogens is 5. The van der Waals surface area contributed by atoms with Gasteiger partial charge in [-0.3, -0.25) is 4.90 Å². The number of pyridine rings is 1. The highest BCUT2D eigenvalue weighted by Gasteiger charge is 2.23. The molecule has 0 amide bonds. The van der Waals surface area contributed by atoms with Crippen LogP contribution in [-0.2, 0) is 11.2 Å². The molecule has 0 saturated carbocycles. The van der Waals surface area contributed by atoms with Gasteiger partial charge >= 0.3 is 0 Å². The Morgan fingerprint density at radius 2 is 1.84 bits per heavy atom. The van der Waals surface area contributed by atoms with Gasteiger partial charge in [0.1, 0.15) is 5.52 Å². The summed E-state index contributed by atoms with van der Waals surface area (Å²) in [6.45, 7) is 15.0. The van der Waals surface area contributed by atoms with E-state index in [1.807, 2.05) is 11.6 Å². The van der Waals surface area contributed by atoms with Gasteiger partial charge in [-0.2, -0.15) is 5.10 Å². The van der Waals surface area contributed by atoms with Gasteiger partial charge in [0, 0.05) is 25.3 Å². The van der Waals surface area contributed by atoms with Crippen molar-refractivity contribution in [3.8, 4) is 17.1 Å². The average molecular weight is 439 g/mol. The van der Waals surface area contributed by atoms with E-state index in [0.29, 0.717) is 11.8 Å². The number of fused-ring (bicyclic) bond motifs is 1. The molecule has 4 rings (SSSR count). The highest BCUT2D eigenvalue weighted by Crippen LogP contribution is 2.33. The average Bonchev–Trinajstić information content (AvgIpc) is 3.14. The minimum absolute atomic E-state index is 0.190. The van der Waals surface area contributed by atoms with Crippen LogP contribution in [0, 0.1) is 6.92 Å². The fourth-order valence-electron chi connectivity index (χ4n) is 4.24. The summed E-state index contributed by atoms with van der Waals surface area (Å²) in [4.78, 5) is 17.2. The first-order valence-electron chi connectivity index (χ1n) is 11.5. The molecule has 3 aromatic rings. The van der Waals surface area contributed by atoms with Crippen molar-refractivity contribution in [2.75, 3.05) is 40.0 Å². The van der Waals surface area contributed by atoms with Gasteiger partial charge in [0.05, 0.1) is 49.0 Å². The molecule has 172 valence electrons. The second-order valence-corrected chi connectivity index (χ2v) is 8.78. The van der Waals surface area contributed by atoms with Crippen LogP contribution in [0.25, 0.3) is 22.4 Å². The largest absolute Gasteiger partial charge is 0.480 e. The topological polar surface area (TPSA) is 78.2 Å². The lowest BCUT2D eigenvalue weighted by Gasteiger charge is -2.29. The monoisotopic (exact) mass is 438 g/mol. The molecule has 1 saturated heterocycles. The zero-order valence-corrected chi connectivity index (χ0v) is 20.1. The van der Waals surface area contributed by atoms with Crippen LogP contribution in [-0.4, -0.2) is 69.6 Å². The van der Waals surface area contributed by atoms with Crippen molar-refractivity contribution in [3.63, 3.8) is 0 Å². The normalized spacial score (nSPS) is 16.1. The van der Waals surface area contributed by atoms with Crippen LogP contribution >= 0.6 is 0 Å². The Labute approximate surface area is 190 Å². The van der Waals surface area contributed by atoms with Gasteiger partial charge in [0.15, 0.2) is 5.65 Å². The fourth-order valence-corrected chi connectivity index (χ4v) is 4.24. The van der Waals surface area contributed by atoms with E-state index in [1.165, 1.54) is 0 Å². The molecule has 1 aliphatic rings. The maximum atomic E-state index is 5.64. The van der Waals surface area contributed by atoms with Gasteiger partial charge in [-0.25, -0.2) is 19.6 Å². The molecule has 8 heteroatoms. The molecule has 0 spiro atoms. The summed E-state index contributed by atoms with van der Waals surface area (Å²) in [5, 5.41) is 4.83. The van der Waals surface area contributed by atoms with Gasteiger partial charge in [-0.05, 0) is 38.3 Å². The van der Waals surface area contributed by atoms with Gasteiger partial charge in [0.25, 0.3) is 0 Å². The van der Waals surface area contributed by atoms with Crippen LogP contribution in [0.4, 0.5) is 0 Å². The van der Waals surface area contributed by atoms with Crippen molar-refractivity contribution in [2.24, 2.45) is 0 Å². The van der Waals surface area contributed by atoms with E-state index in [1.54, 1.807) is 7.11 Å². The van der Waals surface area contributed by atoms with Crippen LogP contribution in [0.15, 0.2) is 12.1 Å². The number of ether oxygens (including phenoxy) is 2. The number of hydrogen-bond donors (Lipinski definition) is 0. The van der Waals surface area contributed by atoms with Gasteiger partial charge < -0.3 is 9.47 Å². The highest BCUT2D eigenvalue weighted by atomic mass is 16.5. The molecule has 0 aromatic carbocycles. The first kappa shape index (κ1) is 22.6. The van der Waals surface area contributed by atoms with Crippen LogP contribution < -0.4 is 4.74 Å². The highest BCUT2D eigenvalue weighted by molar-refractivity contribution is 5.79. The molecule has 0 aliphatic carbocycles. The minimum atomic E-state index is 0.190. The van der Waals surface area contributed by atoms with Crippen molar-refractivity contribution in [1.29, 1.82) is 0 Å². The summed E-state index contributed by atoms with van der Waals surface area (Å²) in [6.07, 6.45) is 0.759. The lowest BCUT2D eigenvalue weighted by molar-refractivity contribution is 0.0321. The second-order valence-electron chi connectivity index (χ2n) is 8.78. The van der Waals surface area contributed by atoms with E-state index in [4.69, 9.17) is 29.5 Å². The Balaban J connectivity index is 1.76. The molecular weight excluding hydrogens is 404 g/mol. The molecule has 1 atom stereocenters. The van der Waals surface area contributed by atoms with Crippen molar-refractivity contribution in [3.05, 3.63) is 29.2 Å². The number of aryl methyl sites for hydroxylation is 2. The Morgan fingerprint density at radius 3 is 2.50 bits per heavy atom. The Hall–Kier alpha value is -2.58. The van der Waals surface area contributed by atoms with Gasteiger partial charge in [0.2, 0.25) is 5.88 Å². The molecule has 1 fully saturated rings. The maximum absolute atomic E-state index is 5.64. The van der Waals surface area contributed by atoms with Crippen LogP contribution in [0.3, 0.4) is 0 Å². The summed E-state index contributed by atoms with van der Waals surface area (Å²) in [6, 6.07) is 4.29. The summed E-state index contributed by atoms with van der Waals surface area (Å²) in [5.41, 5.74) is 6.18. The zero-order valence-electron chi connectivity index (χ0n) is 20.1. The molecule has 0 N–H and O–H groups in total. The maximum Gasteiger partial charge on any atom is 0.222 e. The fraction of sp³-hybridized carbons (Fsp3) is 0.583. The molecule has 0 radical (unpaired) electrons. The third-order valence-corrected chi connectivity index (χ3v) is 6.07. The molecule has 0 bridgehead atoms. The Kier molecular flexibility index (Phi) is 6.71. The summed E-state index contributed by atoms with van der Waals surface area (Å²) in [7, 11) is 1.66. The van der Waals surface area contributed by atoms with Crippen molar-refractivity contribution < 1.29 is 9.47 Å². The van der Waals surface area contributed by atoms with E-state index in [-0.39, 0.29) is 6.04 Å². The number of morpholine rings is 1. The smallest absolute Gasteiger partial charge is 0.222 e. The third-order valence-electron chi connectivity index (χ3n) is 6.07. The van der Waals surface area contributed by atoms with Crippen LogP contribution in [0.1, 0.15) is 56.7 Å². The summed E-state index contributed by atoms with van der Waals surface area (Å²) in [5.74, 6) is 0.913. The third kappa shape index (κ3) is 4.34. The van der Waals surface area contributed by atoms with Crippen molar-refractivity contribution in [1.82, 2.24) is 29.6 Å². The lowest BCUT2D eigenvalue weighted by atomic mass is 10.1. The van der Waals surface area contributed by atoms with E-state index in [9.17, 15) is 0 Å². The number of nitrogens with zero attached hydrogens (tertiary/aromatic N) is 6. The van der Waals surface area contributed by atoms with Crippen LogP contribution in [0.5, 0.6) is 5.88 Å². The van der Waals surface area contributed by atoms with Gasteiger partial charge in [-0.15, -0.1) is 0 Å². The predicted octanol–water partition coefficient (Wildman–Crippen LogP) is 3.78. The Morgan fingerprint density at radius 1 is 1.09 bits per heavy atom. The number of hydrogen-bond acceptors (Lipinski definition) is 7. The van der Waals surface area contributed by atoms with Crippen molar-refractivity contribution in [2.45, 2.75) is 53.0 Å². The van der Waals surface area contributed by atoms with E-state index >= 15 is 0 Å². The first-order valence-corrected chi connectivity index (χ1v) is 11.5. The molecule has 4 heterocycles. The molecule has 3 aromatic heterocycles. The zero-order chi connectivity index (χ0) is 22.8. The van der Waals surface area contributed by atoms with E-state index in [0.717, 1.165) is 78.8 Å². The molecule has 32 heavy (non-hydrogen) atoms. The summed E-state index contributed by atoms with van der Waals surface area (Å²) < 4.78 is 13.2. The first-order chi connectivity index (χ1) is 15.4. The quantitative estimate of drug-likeness (QED) is 0.555. The molecular formula is C24H34N6O2. The minimum Gasteiger partial charge on any atom is -0.480 e. The second kappa shape index (κ2) is 9.50. The van der Waals surface area contributed by atoms with E-state index < -0.39 is 0 Å². The predicted molar refractivity (Wildman–Crippen MR) is 125 cm³/mol. The number of methoxy groups -OCH3 is 1. The molecule has 1 aliphatic heterocycles.